The van der Waals surface area contributed by atoms with Crippen LogP contribution in [0, 0.1) is 0 Å². The molecule has 3 aromatic carbocycles. The molecule has 1 aliphatic heterocycles. The summed E-state index contributed by atoms with van der Waals surface area (Å²) in [7, 11) is 0. The molecule has 0 saturated carbocycles. The number of halogens is 1. The maximum absolute atomic E-state index is 12.9. The fourth-order valence-electron chi connectivity index (χ4n) is 2.94. The Balaban J connectivity index is 1.49. The molecule has 1 aliphatic rings. The van der Waals surface area contributed by atoms with Crippen molar-refractivity contribution in [1.29, 1.82) is 0 Å². The number of nitrogens with zero attached hydrogens (tertiary/aromatic N) is 1. The second-order valence-corrected chi connectivity index (χ2v) is 8.89. The Morgan fingerprint density at radius 1 is 1.03 bits per heavy atom. The predicted octanol–water partition coefficient (Wildman–Crippen LogP) is 5.47. The molecular weight excluding hydrogens is 464 g/mol. The number of hydrazine groups is 1. The van der Waals surface area contributed by atoms with Gasteiger partial charge in [-0.2, -0.15) is 5.01 Å². The molecule has 0 bridgehead atoms. The average Bonchev–Trinajstić information content (AvgIpc) is 3.07. The van der Waals surface area contributed by atoms with E-state index in [0.717, 1.165) is 27.9 Å². The first-order valence-electron chi connectivity index (χ1n) is 9.61. The molecule has 2 amide bonds. The Hall–Kier alpha value is -3.13. The highest BCUT2D eigenvalue weighted by molar-refractivity contribution is 8.26. The van der Waals surface area contributed by atoms with Gasteiger partial charge in [0.1, 0.15) is 12.4 Å². The van der Waals surface area contributed by atoms with Crippen LogP contribution in [0.3, 0.4) is 0 Å². The van der Waals surface area contributed by atoms with Crippen molar-refractivity contribution in [3.63, 3.8) is 0 Å². The van der Waals surface area contributed by atoms with Gasteiger partial charge >= 0.3 is 0 Å². The van der Waals surface area contributed by atoms with Gasteiger partial charge in [-0.3, -0.25) is 15.0 Å². The van der Waals surface area contributed by atoms with Gasteiger partial charge in [-0.05, 0) is 54.2 Å². The number of carbonyl (C=O) groups is 2. The second kappa shape index (κ2) is 9.99. The van der Waals surface area contributed by atoms with Gasteiger partial charge in [0.25, 0.3) is 11.8 Å². The van der Waals surface area contributed by atoms with Crippen LogP contribution in [-0.2, 0) is 11.4 Å². The number of amides is 2. The first-order chi connectivity index (χ1) is 15.5. The summed E-state index contributed by atoms with van der Waals surface area (Å²) in [6, 6.07) is 23.6. The van der Waals surface area contributed by atoms with Crippen molar-refractivity contribution in [1.82, 2.24) is 10.4 Å². The van der Waals surface area contributed by atoms with Gasteiger partial charge in [0.15, 0.2) is 4.32 Å². The van der Waals surface area contributed by atoms with Crippen LogP contribution in [-0.4, -0.2) is 21.1 Å². The molecule has 0 aliphatic carbocycles. The van der Waals surface area contributed by atoms with Crippen LogP contribution in [0.1, 0.15) is 21.5 Å². The van der Waals surface area contributed by atoms with Crippen molar-refractivity contribution < 1.29 is 14.3 Å². The Labute approximate surface area is 200 Å². The lowest BCUT2D eigenvalue weighted by atomic mass is 10.2. The van der Waals surface area contributed by atoms with Crippen molar-refractivity contribution in [3.8, 4) is 5.75 Å². The largest absolute Gasteiger partial charge is 0.488 e. The lowest BCUT2D eigenvalue weighted by Gasteiger charge is -2.15. The Kier molecular flexibility index (Phi) is 6.90. The van der Waals surface area contributed by atoms with E-state index >= 15 is 0 Å². The molecule has 0 radical (unpaired) electrons. The minimum Gasteiger partial charge on any atom is -0.488 e. The molecule has 8 heteroatoms. The highest BCUT2D eigenvalue weighted by Crippen LogP contribution is 2.33. The number of rotatable bonds is 6. The summed E-state index contributed by atoms with van der Waals surface area (Å²) in [4.78, 5) is 25.8. The number of hydrogen-bond donors (Lipinski definition) is 1. The molecule has 32 heavy (non-hydrogen) atoms. The van der Waals surface area contributed by atoms with E-state index in [0.29, 0.717) is 27.8 Å². The molecule has 0 atom stereocenters. The van der Waals surface area contributed by atoms with Crippen LogP contribution in [0.4, 0.5) is 0 Å². The molecule has 0 aromatic heterocycles. The summed E-state index contributed by atoms with van der Waals surface area (Å²) in [6.45, 7) is 0.407. The fourth-order valence-corrected chi connectivity index (χ4v) is 4.24. The summed E-state index contributed by atoms with van der Waals surface area (Å²) in [6.07, 6.45) is 1.72. The molecule has 160 valence electrons. The molecule has 1 fully saturated rings. The van der Waals surface area contributed by atoms with E-state index in [1.165, 1.54) is 0 Å². The van der Waals surface area contributed by atoms with Gasteiger partial charge in [-0.1, -0.05) is 71.9 Å². The van der Waals surface area contributed by atoms with E-state index in [1.807, 2.05) is 54.6 Å². The van der Waals surface area contributed by atoms with E-state index < -0.39 is 11.8 Å². The average molecular weight is 481 g/mol. The lowest BCUT2D eigenvalue weighted by Crippen LogP contribution is -2.44. The van der Waals surface area contributed by atoms with E-state index in [9.17, 15) is 9.59 Å². The highest BCUT2D eigenvalue weighted by Gasteiger charge is 2.34. The summed E-state index contributed by atoms with van der Waals surface area (Å²) in [5.41, 5.74) is 4.71. The number of ether oxygens (including phenoxy) is 1. The molecule has 4 rings (SSSR count). The quantitative estimate of drug-likeness (QED) is 0.374. The van der Waals surface area contributed by atoms with Gasteiger partial charge in [-0.15, -0.1) is 0 Å². The summed E-state index contributed by atoms with van der Waals surface area (Å²) in [5.74, 6) is -0.210. The zero-order chi connectivity index (χ0) is 22.5. The van der Waals surface area contributed by atoms with Gasteiger partial charge in [-0.25, -0.2) is 0 Å². The number of thioether (sulfide) groups is 1. The Morgan fingerprint density at radius 3 is 2.47 bits per heavy atom. The molecule has 0 unspecified atom stereocenters. The number of carbonyl (C=O) groups excluding carboxylic acids is 2. The molecule has 1 heterocycles. The molecular formula is C24H17ClN2O3S2. The van der Waals surface area contributed by atoms with Crippen molar-refractivity contribution in [2.24, 2.45) is 0 Å². The topological polar surface area (TPSA) is 58.6 Å². The van der Waals surface area contributed by atoms with Crippen LogP contribution < -0.4 is 10.2 Å². The molecule has 3 aromatic rings. The van der Waals surface area contributed by atoms with Gasteiger partial charge < -0.3 is 4.74 Å². The van der Waals surface area contributed by atoms with Crippen molar-refractivity contribution in [2.75, 3.05) is 0 Å². The van der Waals surface area contributed by atoms with E-state index in [2.05, 4.69) is 5.43 Å². The standard InChI is InChI=1S/C24H17ClN2O3S2/c25-19-12-10-17(11-13-19)22(28)26-27-23(29)21(32-24(27)31)14-18-8-4-5-9-20(18)30-15-16-6-2-1-3-7-16/h1-14H,15H2,(H,26,28)/b21-14-. The van der Waals surface area contributed by atoms with Crippen molar-refractivity contribution in [3.05, 3.63) is 105 Å². The van der Waals surface area contributed by atoms with E-state index in [4.69, 9.17) is 28.6 Å². The maximum atomic E-state index is 12.9. The number of thiocarbonyl (C=S) groups is 1. The minimum absolute atomic E-state index is 0.242. The Morgan fingerprint density at radius 2 is 1.72 bits per heavy atom. The number of nitrogens with one attached hydrogen (secondary N) is 1. The van der Waals surface area contributed by atoms with Crippen LogP contribution in [0.15, 0.2) is 83.8 Å². The summed E-state index contributed by atoms with van der Waals surface area (Å²) >= 11 is 12.3. The van der Waals surface area contributed by atoms with Gasteiger partial charge in [0.05, 0.1) is 4.91 Å². The smallest absolute Gasteiger partial charge is 0.285 e. The number of hydrogen-bond acceptors (Lipinski definition) is 5. The van der Waals surface area contributed by atoms with Crippen molar-refractivity contribution >= 4 is 57.8 Å². The first kappa shape index (κ1) is 22.1. The number of benzene rings is 3. The van der Waals surface area contributed by atoms with Crippen LogP contribution in [0.2, 0.25) is 5.02 Å². The van der Waals surface area contributed by atoms with Gasteiger partial charge in [0.2, 0.25) is 0 Å². The summed E-state index contributed by atoms with van der Waals surface area (Å²) < 4.78 is 6.20. The van der Waals surface area contributed by atoms with Crippen LogP contribution >= 0.6 is 35.6 Å². The zero-order valence-corrected chi connectivity index (χ0v) is 19.0. The molecule has 0 spiro atoms. The summed E-state index contributed by atoms with van der Waals surface area (Å²) in [5, 5.41) is 1.60. The zero-order valence-electron chi connectivity index (χ0n) is 16.7. The van der Waals surface area contributed by atoms with Gasteiger partial charge in [0, 0.05) is 16.1 Å². The SMILES string of the molecule is O=C(NN1C(=O)/C(=C/c2ccccc2OCc2ccccc2)SC1=S)c1ccc(Cl)cc1. The van der Waals surface area contributed by atoms with Crippen molar-refractivity contribution in [2.45, 2.75) is 6.61 Å². The third-order valence-corrected chi connectivity index (χ3v) is 6.11. The van der Waals surface area contributed by atoms with Crippen LogP contribution in [0.5, 0.6) is 5.75 Å². The Bertz CT molecular complexity index is 1200. The minimum atomic E-state index is -0.453. The fraction of sp³-hybridized carbons (Fsp3) is 0.0417. The van der Waals surface area contributed by atoms with Crippen LogP contribution in [0.25, 0.3) is 6.08 Å². The highest BCUT2D eigenvalue weighted by atomic mass is 35.5. The third kappa shape index (κ3) is 5.19. The normalized spacial score (nSPS) is 14.7. The lowest BCUT2D eigenvalue weighted by molar-refractivity contribution is -0.123. The second-order valence-electron chi connectivity index (χ2n) is 6.78. The maximum Gasteiger partial charge on any atom is 0.285 e. The molecule has 1 N–H and O–H groups in total. The first-order valence-corrected chi connectivity index (χ1v) is 11.2. The number of para-hydroxylation sites is 1. The third-order valence-electron chi connectivity index (χ3n) is 4.56. The predicted molar refractivity (Wildman–Crippen MR) is 131 cm³/mol. The monoisotopic (exact) mass is 480 g/mol. The molecule has 1 saturated heterocycles. The van der Waals surface area contributed by atoms with E-state index in [-0.39, 0.29) is 4.32 Å². The molecule has 5 nitrogen and oxygen atoms in total. The van der Waals surface area contributed by atoms with E-state index in [1.54, 1.807) is 30.3 Å².